The molecule has 0 fully saturated rings. The summed E-state index contributed by atoms with van der Waals surface area (Å²) in [5, 5.41) is 14.5. The van der Waals surface area contributed by atoms with E-state index in [4.69, 9.17) is 16.1 Å². The molecule has 0 spiro atoms. The fraction of sp³-hybridized carbons (Fsp3) is 0.333. The molecule has 0 amide bonds. The molecular weight excluding hydrogens is 283 g/mol. The molecule has 0 saturated carbocycles. The van der Waals surface area contributed by atoms with Gasteiger partial charge >= 0.3 is 5.97 Å². The standard InChI is InChI=1S/C6H11N6O4PS/c1-2-16-10-3(5(13)14)4-9-6(18-12-4)11-17(7,8)15/h2H2,1H3,(H,13,14)(H5,7,8,9,11,12,15). The minimum Gasteiger partial charge on any atom is -0.476 e. The quantitative estimate of drug-likeness (QED) is 0.315. The smallest absolute Gasteiger partial charge is 0.362 e. The van der Waals surface area contributed by atoms with Gasteiger partial charge in [-0.05, 0) is 6.92 Å². The lowest BCUT2D eigenvalue weighted by molar-refractivity contribution is -0.129. The maximum Gasteiger partial charge on any atom is 0.362 e. The number of hydrogen-bond acceptors (Lipinski definition) is 7. The van der Waals surface area contributed by atoms with Crippen molar-refractivity contribution in [2.45, 2.75) is 6.92 Å². The van der Waals surface area contributed by atoms with Crippen molar-refractivity contribution in [1.29, 1.82) is 0 Å². The number of nitrogens with zero attached hydrogens (tertiary/aromatic N) is 3. The Kier molecular flexibility index (Phi) is 4.73. The molecule has 10 nitrogen and oxygen atoms in total. The van der Waals surface area contributed by atoms with Crippen LogP contribution in [0.15, 0.2) is 5.16 Å². The van der Waals surface area contributed by atoms with E-state index in [2.05, 4.69) is 24.4 Å². The molecule has 0 bridgehead atoms. The van der Waals surface area contributed by atoms with Gasteiger partial charge in [0, 0.05) is 11.5 Å². The van der Waals surface area contributed by atoms with Crippen LogP contribution >= 0.6 is 19.1 Å². The van der Waals surface area contributed by atoms with Crippen LogP contribution in [-0.2, 0) is 14.2 Å². The molecule has 0 saturated heterocycles. The number of anilines is 1. The van der Waals surface area contributed by atoms with Crippen LogP contribution < -0.4 is 16.1 Å². The number of nitrogens with one attached hydrogen (secondary N) is 1. The molecule has 0 aliphatic rings. The van der Waals surface area contributed by atoms with Crippen molar-refractivity contribution in [2.24, 2.45) is 16.2 Å². The lowest BCUT2D eigenvalue weighted by atomic mass is 10.4. The first kappa shape index (κ1) is 14.5. The average Bonchev–Trinajstić information content (AvgIpc) is 2.63. The van der Waals surface area contributed by atoms with E-state index in [1.165, 1.54) is 0 Å². The van der Waals surface area contributed by atoms with Gasteiger partial charge in [-0.25, -0.2) is 4.79 Å². The van der Waals surface area contributed by atoms with Gasteiger partial charge in [0.25, 0.3) is 7.59 Å². The minimum absolute atomic E-state index is 0.0313. The number of carboxylic acids is 1. The van der Waals surface area contributed by atoms with Crippen molar-refractivity contribution < 1.29 is 19.3 Å². The number of oxime groups is 1. The third-order valence-electron chi connectivity index (χ3n) is 1.40. The Hall–Kier alpha value is -1.55. The zero-order chi connectivity index (χ0) is 13.8. The van der Waals surface area contributed by atoms with Gasteiger partial charge in [-0.2, -0.15) is 9.36 Å². The summed E-state index contributed by atoms with van der Waals surface area (Å²) in [5.74, 6) is -1.53. The lowest BCUT2D eigenvalue weighted by Crippen LogP contribution is -2.17. The Morgan fingerprint density at radius 2 is 2.33 bits per heavy atom. The van der Waals surface area contributed by atoms with E-state index < -0.39 is 19.3 Å². The van der Waals surface area contributed by atoms with E-state index in [9.17, 15) is 9.36 Å². The Morgan fingerprint density at radius 3 is 2.83 bits per heavy atom. The highest BCUT2D eigenvalue weighted by Gasteiger charge is 2.21. The Labute approximate surface area is 106 Å². The van der Waals surface area contributed by atoms with E-state index in [-0.39, 0.29) is 17.6 Å². The monoisotopic (exact) mass is 294 g/mol. The average molecular weight is 294 g/mol. The zero-order valence-electron chi connectivity index (χ0n) is 9.23. The molecule has 6 N–H and O–H groups in total. The number of hydrogen-bond donors (Lipinski definition) is 4. The fourth-order valence-electron chi connectivity index (χ4n) is 0.819. The SMILES string of the molecule is CCON=C(C(=O)O)c1nsc(NP(N)(N)=O)n1. The first-order valence-corrected chi connectivity index (χ1v) is 7.18. The van der Waals surface area contributed by atoms with E-state index in [1.807, 2.05) is 0 Å². The van der Waals surface area contributed by atoms with Gasteiger partial charge in [0.15, 0.2) is 0 Å². The van der Waals surface area contributed by atoms with E-state index in [0.717, 1.165) is 11.5 Å². The Balaban J connectivity index is 2.95. The maximum absolute atomic E-state index is 11.1. The van der Waals surface area contributed by atoms with Crippen molar-refractivity contribution in [2.75, 3.05) is 11.7 Å². The molecule has 0 aliphatic carbocycles. The largest absolute Gasteiger partial charge is 0.476 e. The molecule has 1 aromatic rings. The zero-order valence-corrected chi connectivity index (χ0v) is 10.9. The summed E-state index contributed by atoms with van der Waals surface area (Å²) in [6.45, 7) is 1.84. The summed E-state index contributed by atoms with van der Waals surface area (Å²) in [4.78, 5) is 19.3. The summed E-state index contributed by atoms with van der Waals surface area (Å²) in [5.41, 5.74) is 9.70. The van der Waals surface area contributed by atoms with Crippen LogP contribution in [0.25, 0.3) is 0 Å². The van der Waals surface area contributed by atoms with E-state index in [1.54, 1.807) is 6.92 Å². The number of carboxylic acid groups (broad SMARTS) is 1. The molecule has 1 rings (SSSR count). The second-order valence-corrected chi connectivity index (χ2v) is 5.30. The molecule has 100 valence electrons. The Morgan fingerprint density at radius 1 is 1.67 bits per heavy atom. The fourth-order valence-corrected chi connectivity index (χ4v) is 2.19. The molecule has 0 radical (unpaired) electrons. The highest BCUT2D eigenvalue weighted by atomic mass is 32.1. The van der Waals surface area contributed by atoms with Crippen LogP contribution in [0.1, 0.15) is 12.7 Å². The Bertz CT molecular complexity index is 510. The summed E-state index contributed by atoms with van der Waals surface area (Å²) in [7, 11) is -3.51. The van der Waals surface area contributed by atoms with Gasteiger partial charge in [-0.1, -0.05) is 5.16 Å². The predicted molar refractivity (Wildman–Crippen MR) is 65.3 cm³/mol. The van der Waals surface area contributed by atoms with Crippen molar-refractivity contribution in [3.05, 3.63) is 5.82 Å². The first-order chi connectivity index (χ1) is 8.33. The van der Waals surface area contributed by atoms with Gasteiger partial charge in [0.05, 0.1) is 0 Å². The molecule has 1 aromatic heterocycles. The van der Waals surface area contributed by atoms with Crippen LogP contribution in [0.2, 0.25) is 0 Å². The molecule has 1 heterocycles. The number of carbonyl (C=O) groups is 1. The minimum atomic E-state index is -3.51. The molecule has 0 atom stereocenters. The summed E-state index contributed by atoms with van der Waals surface area (Å²) in [6.07, 6.45) is 0. The van der Waals surface area contributed by atoms with Crippen molar-refractivity contribution >= 4 is 35.9 Å². The molecule has 0 aliphatic heterocycles. The summed E-state index contributed by atoms with van der Waals surface area (Å²) < 4.78 is 14.8. The number of nitrogens with two attached hydrogens (primary N) is 2. The molecule has 0 unspecified atom stereocenters. The van der Waals surface area contributed by atoms with Crippen LogP contribution in [0.4, 0.5) is 5.13 Å². The predicted octanol–water partition coefficient (Wildman–Crippen LogP) is -0.199. The van der Waals surface area contributed by atoms with Gasteiger partial charge in [0.2, 0.25) is 16.7 Å². The number of aliphatic carboxylic acids is 1. The second kappa shape index (κ2) is 5.87. The van der Waals surface area contributed by atoms with Gasteiger partial charge in [0.1, 0.15) is 6.61 Å². The third kappa shape index (κ3) is 4.37. The molecular formula is C6H11N6O4PS. The van der Waals surface area contributed by atoms with Crippen molar-refractivity contribution in [3.63, 3.8) is 0 Å². The van der Waals surface area contributed by atoms with Crippen molar-refractivity contribution in [1.82, 2.24) is 9.36 Å². The van der Waals surface area contributed by atoms with Gasteiger partial charge in [-0.15, -0.1) is 0 Å². The molecule has 18 heavy (non-hydrogen) atoms. The molecule has 12 heteroatoms. The normalized spacial score (nSPS) is 12.3. The summed E-state index contributed by atoms with van der Waals surface area (Å²) >= 11 is 0.751. The van der Waals surface area contributed by atoms with Crippen LogP contribution in [-0.4, -0.2) is 32.8 Å². The summed E-state index contributed by atoms with van der Waals surface area (Å²) in [6, 6.07) is 0. The van der Waals surface area contributed by atoms with Gasteiger partial charge in [-0.3, -0.25) is 20.7 Å². The van der Waals surface area contributed by atoms with Crippen LogP contribution in [0.3, 0.4) is 0 Å². The third-order valence-corrected chi connectivity index (χ3v) is 2.74. The highest BCUT2D eigenvalue weighted by Crippen LogP contribution is 2.28. The van der Waals surface area contributed by atoms with Crippen LogP contribution in [0.5, 0.6) is 0 Å². The van der Waals surface area contributed by atoms with Crippen molar-refractivity contribution in [3.8, 4) is 0 Å². The van der Waals surface area contributed by atoms with Gasteiger partial charge < -0.3 is 9.94 Å². The van der Waals surface area contributed by atoms with E-state index >= 15 is 0 Å². The topological polar surface area (TPSA) is 166 Å². The maximum atomic E-state index is 11.1. The second-order valence-electron chi connectivity index (χ2n) is 2.91. The first-order valence-electron chi connectivity index (χ1n) is 4.56. The van der Waals surface area contributed by atoms with E-state index in [0.29, 0.717) is 0 Å². The number of rotatable bonds is 6. The lowest BCUT2D eigenvalue weighted by Gasteiger charge is -2.04. The van der Waals surface area contributed by atoms with Crippen LogP contribution in [0, 0.1) is 0 Å². The highest BCUT2D eigenvalue weighted by molar-refractivity contribution is 7.61. The molecule has 0 aromatic carbocycles. The number of aromatic nitrogens is 2.